The summed E-state index contributed by atoms with van der Waals surface area (Å²) in [6, 6.07) is 19.0. The van der Waals surface area contributed by atoms with Gasteiger partial charge in [0.2, 0.25) is 11.8 Å². The molecular weight excluding hydrogens is 426 g/mol. The quantitative estimate of drug-likeness (QED) is 0.502. The number of ether oxygens (including phenoxy) is 1. The van der Waals surface area contributed by atoms with E-state index in [1.807, 2.05) is 54.6 Å². The highest BCUT2D eigenvalue weighted by Crippen LogP contribution is 2.34. The number of hydrogen-bond donors (Lipinski definition) is 2. The Hall–Kier alpha value is -3.64. The van der Waals surface area contributed by atoms with Gasteiger partial charge in [0.05, 0.1) is 12.6 Å². The molecule has 1 aliphatic rings. The van der Waals surface area contributed by atoms with Gasteiger partial charge in [-0.25, -0.2) is 0 Å². The number of amides is 2. The van der Waals surface area contributed by atoms with Gasteiger partial charge in [-0.05, 0) is 55.3 Å². The molecule has 1 aliphatic heterocycles. The summed E-state index contributed by atoms with van der Waals surface area (Å²) in [7, 11) is 1.73. The molecule has 3 aromatic rings. The van der Waals surface area contributed by atoms with Crippen molar-refractivity contribution in [2.75, 3.05) is 18.6 Å². The fraction of sp³-hybridized carbons (Fsp3) is 0.286. The van der Waals surface area contributed by atoms with Crippen LogP contribution in [0.5, 0.6) is 5.75 Å². The molecule has 0 radical (unpaired) electrons. The Morgan fingerprint density at radius 3 is 2.74 bits per heavy atom. The molecule has 0 aromatic heterocycles. The number of nitrogens with one attached hydrogen (secondary N) is 2. The van der Waals surface area contributed by atoms with Crippen LogP contribution >= 0.6 is 0 Å². The highest BCUT2D eigenvalue weighted by molar-refractivity contribution is 6.01. The summed E-state index contributed by atoms with van der Waals surface area (Å²) in [5, 5.41) is 8.00. The first-order valence-electron chi connectivity index (χ1n) is 11.6. The minimum atomic E-state index is -0.608. The van der Waals surface area contributed by atoms with E-state index in [2.05, 4.69) is 23.3 Å². The van der Waals surface area contributed by atoms with Gasteiger partial charge in [0.1, 0.15) is 18.4 Å². The summed E-state index contributed by atoms with van der Waals surface area (Å²) in [5.74, 6) is 0.411. The second-order valence-corrected chi connectivity index (χ2v) is 8.53. The van der Waals surface area contributed by atoms with Gasteiger partial charge in [-0.15, -0.1) is 0 Å². The minimum Gasteiger partial charge on any atom is -0.489 e. The van der Waals surface area contributed by atoms with Crippen LogP contribution in [0.3, 0.4) is 0 Å². The molecule has 6 heteroatoms. The Labute approximate surface area is 200 Å². The van der Waals surface area contributed by atoms with Crippen LogP contribution in [0.4, 0.5) is 5.69 Å². The van der Waals surface area contributed by atoms with Gasteiger partial charge in [0.25, 0.3) is 0 Å². The number of anilines is 1. The van der Waals surface area contributed by atoms with Crippen molar-refractivity contribution in [2.45, 2.75) is 38.4 Å². The molecule has 4 rings (SSSR count). The zero-order chi connectivity index (χ0) is 24.1. The van der Waals surface area contributed by atoms with Gasteiger partial charge in [-0.1, -0.05) is 61.2 Å². The average molecular weight is 458 g/mol. The third-order valence-corrected chi connectivity index (χ3v) is 6.36. The van der Waals surface area contributed by atoms with Crippen LogP contribution in [-0.4, -0.2) is 37.6 Å². The highest BCUT2D eigenvalue weighted by Gasteiger charge is 2.32. The van der Waals surface area contributed by atoms with Crippen LogP contribution in [0.2, 0.25) is 0 Å². The summed E-state index contributed by atoms with van der Waals surface area (Å²) in [4.78, 5) is 28.3. The summed E-state index contributed by atoms with van der Waals surface area (Å²) < 4.78 is 5.99. The number of nitrogens with zero attached hydrogens (tertiary/aromatic N) is 1. The van der Waals surface area contributed by atoms with E-state index in [1.165, 1.54) is 0 Å². The summed E-state index contributed by atoms with van der Waals surface area (Å²) in [6.45, 7) is 6.24. The molecule has 0 saturated carbocycles. The molecule has 2 atom stereocenters. The zero-order valence-electron chi connectivity index (χ0n) is 19.7. The van der Waals surface area contributed by atoms with E-state index in [0.717, 1.165) is 33.3 Å². The van der Waals surface area contributed by atoms with Gasteiger partial charge in [0, 0.05) is 11.3 Å². The third kappa shape index (κ3) is 4.82. The number of likely N-dealkylation sites (N-methyl/N-ethyl adjacent to an activating group) is 1. The predicted molar refractivity (Wildman–Crippen MR) is 136 cm³/mol. The Bertz CT molecular complexity index is 1210. The van der Waals surface area contributed by atoms with E-state index in [9.17, 15) is 9.59 Å². The number of aryl methyl sites for hydroxylation is 1. The van der Waals surface area contributed by atoms with Crippen LogP contribution < -0.4 is 20.3 Å². The standard InChI is InChI=1S/C28H31N3O3/c1-4-17-34-26-16-14-20-9-5-7-11-22(20)23(26)18-31-25-12-8-6-10-21(25)13-15-24(28(31)33)30-27(32)19(2)29-3/h4-12,14,16,19,24,29H,1,13,15,17-18H2,2-3H3,(H,30,32)/t19-,24?/m0/s1. The number of carbonyl (C=O) groups is 2. The van der Waals surface area contributed by atoms with Crippen molar-refractivity contribution in [1.82, 2.24) is 10.6 Å². The van der Waals surface area contributed by atoms with Crippen molar-refractivity contribution in [1.29, 1.82) is 0 Å². The van der Waals surface area contributed by atoms with E-state index >= 15 is 0 Å². The lowest BCUT2D eigenvalue weighted by molar-refractivity contribution is -0.128. The number of hydrogen-bond acceptors (Lipinski definition) is 4. The lowest BCUT2D eigenvalue weighted by Crippen LogP contribution is -2.52. The number of carbonyl (C=O) groups excluding carboxylic acids is 2. The number of rotatable bonds is 8. The molecule has 6 nitrogen and oxygen atoms in total. The molecule has 34 heavy (non-hydrogen) atoms. The Kier molecular flexibility index (Phi) is 7.28. The maximum absolute atomic E-state index is 13.9. The summed E-state index contributed by atoms with van der Waals surface area (Å²) in [6.07, 6.45) is 2.95. The minimum absolute atomic E-state index is 0.121. The van der Waals surface area contributed by atoms with Gasteiger partial charge in [-0.2, -0.15) is 0 Å². The summed E-state index contributed by atoms with van der Waals surface area (Å²) >= 11 is 0. The molecule has 2 amide bonds. The molecule has 1 unspecified atom stereocenters. The number of fused-ring (bicyclic) bond motifs is 2. The molecule has 0 saturated heterocycles. The van der Waals surface area contributed by atoms with E-state index in [4.69, 9.17) is 4.74 Å². The molecule has 0 fully saturated rings. The van der Waals surface area contributed by atoms with E-state index in [0.29, 0.717) is 26.0 Å². The third-order valence-electron chi connectivity index (χ3n) is 6.36. The second kappa shape index (κ2) is 10.5. The molecule has 2 N–H and O–H groups in total. The molecule has 0 aliphatic carbocycles. The van der Waals surface area contributed by atoms with Crippen molar-refractivity contribution in [3.63, 3.8) is 0 Å². The normalized spacial score (nSPS) is 16.5. The zero-order valence-corrected chi connectivity index (χ0v) is 19.7. The van der Waals surface area contributed by atoms with Crippen LogP contribution in [0.1, 0.15) is 24.5 Å². The first-order chi connectivity index (χ1) is 16.5. The average Bonchev–Trinajstić information content (AvgIpc) is 2.99. The van der Waals surface area contributed by atoms with Crippen molar-refractivity contribution in [2.24, 2.45) is 0 Å². The Morgan fingerprint density at radius 1 is 1.18 bits per heavy atom. The lowest BCUT2D eigenvalue weighted by atomic mass is 10.0. The molecule has 0 bridgehead atoms. The van der Waals surface area contributed by atoms with Crippen molar-refractivity contribution < 1.29 is 14.3 Å². The molecule has 3 aromatic carbocycles. The fourth-order valence-corrected chi connectivity index (χ4v) is 4.36. The van der Waals surface area contributed by atoms with Gasteiger partial charge >= 0.3 is 0 Å². The number of para-hydroxylation sites is 1. The van der Waals surface area contributed by atoms with Gasteiger partial charge < -0.3 is 20.3 Å². The van der Waals surface area contributed by atoms with Crippen LogP contribution in [-0.2, 0) is 22.6 Å². The van der Waals surface area contributed by atoms with Crippen molar-refractivity contribution in [3.05, 3.63) is 84.4 Å². The van der Waals surface area contributed by atoms with Gasteiger partial charge in [0.15, 0.2) is 0 Å². The smallest absolute Gasteiger partial charge is 0.249 e. The van der Waals surface area contributed by atoms with Crippen LogP contribution in [0.25, 0.3) is 10.8 Å². The Morgan fingerprint density at radius 2 is 1.94 bits per heavy atom. The van der Waals surface area contributed by atoms with E-state index in [1.54, 1.807) is 24.9 Å². The van der Waals surface area contributed by atoms with Crippen molar-refractivity contribution in [3.8, 4) is 5.75 Å². The van der Waals surface area contributed by atoms with Crippen LogP contribution in [0, 0.1) is 0 Å². The first-order valence-corrected chi connectivity index (χ1v) is 11.6. The van der Waals surface area contributed by atoms with Crippen molar-refractivity contribution >= 4 is 28.3 Å². The van der Waals surface area contributed by atoms with Crippen LogP contribution in [0.15, 0.2) is 73.3 Å². The topological polar surface area (TPSA) is 70.7 Å². The summed E-state index contributed by atoms with van der Waals surface area (Å²) in [5.41, 5.74) is 2.88. The Balaban J connectivity index is 1.76. The monoisotopic (exact) mass is 457 g/mol. The maximum Gasteiger partial charge on any atom is 0.249 e. The molecule has 176 valence electrons. The lowest BCUT2D eigenvalue weighted by Gasteiger charge is -2.28. The molecule has 0 spiro atoms. The van der Waals surface area contributed by atoms with Gasteiger partial charge in [-0.3, -0.25) is 9.59 Å². The maximum atomic E-state index is 13.9. The first kappa shape index (κ1) is 23.5. The van der Waals surface area contributed by atoms with E-state index in [-0.39, 0.29) is 17.9 Å². The number of benzene rings is 3. The molecule has 1 heterocycles. The van der Waals surface area contributed by atoms with E-state index < -0.39 is 6.04 Å². The fourth-order valence-electron chi connectivity index (χ4n) is 4.36. The predicted octanol–water partition coefficient (Wildman–Crippen LogP) is 3.98. The second-order valence-electron chi connectivity index (χ2n) is 8.53. The largest absolute Gasteiger partial charge is 0.489 e. The highest BCUT2D eigenvalue weighted by atomic mass is 16.5. The molecular formula is C28H31N3O3. The SMILES string of the molecule is C=CCOc1ccc2ccccc2c1CN1C(=O)C(NC(=O)[C@H](C)NC)CCc2ccccc21.